The monoisotopic (exact) mass is 216 g/mol. The first-order valence-electron chi connectivity index (χ1n) is 5.19. The number of fused-ring (bicyclic) bond motifs is 1. The molecule has 2 aromatic rings. The van der Waals surface area contributed by atoms with E-state index in [-0.39, 0.29) is 5.96 Å². The number of nitrogens with two attached hydrogens (primary N) is 2. The van der Waals surface area contributed by atoms with E-state index >= 15 is 0 Å². The van der Waals surface area contributed by atoms with Crippen molar-refractivity contribution in [3.8, 4) is 0 Å². The molecule has 16 heavy (non-hydrogen) atoms. The van der Waals surface area contributed by atoms with Gasteiger partial charge in [-0.1, -0.05) is 18.2 Å². The van der Waals surface area contributed by atoms with Crippen LogP contribution in [0.2, 0.25) is 0 Å². The maximum Gasteiger partial charge on any atom is 0.186 e. The third-order valence-electron chi connectivity index (χ3n) is 2.95. The number of aliphatic imine (C=N–C) groups is 1. The molecule has 0 bridgehead atoms. The van der Waals surface area contributed by atoms with E-state index in [1.54, 1.807) is 0 Å². The number of aryl methyl sites for hydroxylation is 1. The Hall–Kier alpha value is -1.97. The molecule has 2 rings (SSSR count). The molecule has 0 aliphatic carbocycles. The van der Waals surface area contributed by atoms with Crippen LogP contribution in [0.4, 0.5) is 0 Å². The van der Waals surface area contributed by atoms with Crippen molar-refractivity contribution in [3.05, 3.63) is 35.5 Å². The van der Waals surface area contributed by atoms with E-state index in [0.29, 0.717) is 6.54 Å². The second kappa shape index (κ2) is 3.89. The molecule has 84 valence electrons. The lowest BCUT2D eigenvalue weighted by Gasteiger charge is -1.99. The van der Waals surface area contributed by atoms with Crippen LogP contribution < -0.4 is 11.5 Å². The van der Waals surface area contributed by atoms with Gasteiger partial charge in [-0.05, 0) is 13.0 Å². The molecule has 0 aliphatic rings. The van der Waals surface area contributed by atoms with Crippen LogP contribution >= 0.6 is 0 Å². The number of aromatic nitrogens is 1. The summed E-state index contributed by atoms with van der Waals surface area (Å²) in [6.45, 7) is 2.62. The number of guanidine groups is 1. The molecule has 0 atom stereocenters. The van der Waals surface area contributed by atoms with E-state index in [2.05, 4.69) is 35.7 Å². The number of hydrogen-bond donors (Lipinski definition) is 2. The minimum atomic E-state index is 0.132. The Morgan fingerprint density at radius 1 is 1.31 bits per heavy atom. The van der Waals surface area contributed by atoms with Crippen molar-refractivity contribution in [2.24, 2.45) is 23.5 Å². The first-order chi connectivity index (χ1) is 7.61. The third-order valence-corrected chi connectivity index (χ3v) is 2.95. The van der Waals surface area contributed by atoms with Crippen molar-refractivity contribution in [1.29, 1.82) is 0 Å². The Morgan fingerprint density at radius 3 is 2.69 bits per heavy atom. The average Bonchev–Trinajstić information content (AvgIpc) is 2.50. The van der Waals surface area contributed by atoms with Gasteiger partial charge >= 0.3 is 0 Å². The molecular weight excluding hydrogens is 200 g/mol. The van der Waals surface area contributed by atoms with E-state index in [4.69, 9.17) is 11.5 Å². The molecule has 1 heterocycles. The van der Waals surface area contributed by atoms with Gasteiger partial charge in [0.15, 0.2) is 5.96 Å². The first kappa shape index (κ1) is 10.5. The lowest BCUT2D eigenvalue weighted by molar-refractivity contribution is 0.893. The largest absolute Gasteiger partial charge is 0.370 e. The summed E-state index contributed by atoms with van der Waals surface area (Å²) in [5.74, 6) is 0.132. The summed E-state index contributed by atoms with van der Waals surface area (Å²) < 4.78 is 2.16. The Balaban J connectivity index is 2.60. The number of benzene rings is 1. The smallest absolute Gasteiger partial charge is 0.186 e. The maximum atomic E-state index is 5.36. The number of nitrogens with zero attached hydrogens (tertiary/aromatic N) is 2. The molecule has 1 aromatic heterocycles. The normalized spacial score (nSPS) is 10.6. The molecule has 4 nitrogen and oxygen atoms in total. The number of rotatable bonds is 2. The summed E-state index contributed by atoms with van der Waals surface area (Å²) in [5.41, 5.74) is 14.3. The fourth-order valence-electron chi connectivity index (χ4n) is 1.97. The third kappa shape index (κ3) is 1.62. The summed E-state index contributed by atoms with van der Waals surface area (Å²) in [5, 5.41) is 1.22. The summed E-state index contributed by atoms with van der Waals surface area (Å²) in [4.78, 5) is 4.08. The predicted molar refractivity (Wildman–Crippen MR) is 67.2 cm³/mol. The minimum Gasteiger partial charge on any atom is -0.370 e. The van der Waals surface area contributed by atoms with Gasteiger partial charge < -0.3 is 16.0 Å². The highest BCUT2D eigenvalue weighted by atomic mass is 15.0. The summed E-state index contributed by atoms with van der Waals surface area (Å²) in [7, 11) is 2.05. The van der Waals surface area contributed by atoms with Gasteiger partial charge in [0.25, 0.3) is 0 Å². The van der Waals surface area contributed by atoms with Crippen LogP contribution in [0.5, 0.6) is 0 Å². The molecule has 0 spiro atoms. The Kier molecular flexibility index (Phi) is 2.56. The van der Waals surface area contributed by atoms with Crippen molar-refractivity contribution in [2.75, 3.05) is 0 Å². The molecule has 0 unspecified atom stereocenters. The summed E-state index contributed by atoms with van der Waals surface area (Å²) >= 11 is 0. The Bertz CT molecular complexity index is 547. The van der Waals surface area contributed by atoms with Crippen molar-refractivity contribution < 1.29 is 0 Å². The SMILES string of the molecule is Cc1c(CN=C(N)N)c2ccccc2n1C. The van der Waals surface area contributed by atoms with Crippen LogP contribution in [0, 0.1) is 6.92 Å². The fraction of sp³-hybridized carbons (Fsp3) is 0.250. The van der Waals surface area contributed by atoms with Crippen LogP contribution in [-0.2, 0) is 13.6 Å². The summed E-state index contributed by atoms with van der Waals surface area (Å²) in [6.07, 6.45) is 0. The fourth-order valence-corrected chi connectivity index (χ4v) is 1.97. The molecule has 0 saturated heterocycles. The van der Waals surface area contributed by atoms with E-state index in [1.807, 2.05) is 12.1 Å². The van der Waals surface area contributed by atoms with Gasteiger partial charge in [-0.15, -0.1) is 0 Å². The predicted octanol–water partition coefficient (Wildman–Crippen LogP) is 1.26. The second-order valence-corrected chi connectivity index (χ2v) is 3.88. The van der Waals surface area contributed by atoms with E-state index in [9.17, 15) is 0 Å². The zero-order valence-corrected chi connectivity index (χ0v) is 9.57. The summed E-state index contributed by atoms with van der Waals surface area (Å²) in [6, 6.07) is 8.26. The van der Waals surface area contributed by atoms with Crippen LogP contribution in [0.1, 0.15) is 11.3 Å². The molecule has 1 aromatic carbocycles. The molecular formula is C12H16N4. The van der Waals surface area contributed by atoms with Crippen LogP contribution in [0.25, 0.3) is 10.9 Å². The van der Waals surface area contributed by atoms with Gasteiger partial charge in [-0.3, -0.25) is 0 Å². The highest BCUT2D eigenvalue weighted by molar-refractivity contribution is 5.85. The highest BCUT2D eigenvalue weighted by Gasteiger charge is 2.10. The lowest BCUT2D eigenvalue weighted by Crippen LogP contribution is -2.22. The van der Waals surface area contributed by atoms with Crippen molar-refractivity contribution in [1.82, 2.24) is 4.57 Å². The van der Waals surface area contributed by atoms with Gasteiger partial charge in [0.1, 0.15) is 0 Å². The van der Waals surface area contributed by atoms with E-state index in [0.717, 1.165) is 0 Å². The first-order valence-corrected chi connectivity index (χ1v) is 5.19. The quantitative estimate of drug-likeness (QED) is 0.586. The second-order valence-electron chi connectivity index (χ2n) is 3.88. The number of hydrogen-bond acceptors (Lipinski definition) is 1. The van der Waals surface area contributed by atoms with Crippen LogP contribution in [0.3, 0.4) is 0 Å². The molecule has 0 fully saturated rings. The van der Waals surface area contributed by atoms with Gasteiger partial charge in [-0.25, -0.2) is 4.99 Å². The van der Waals surface area contributed by atoms with Crippen LogP contribution in [-0.4, -0.2) is 10.5 Å². The maximum absolute atomic E-state index is 5.36. The Labute approximate surface area is 94.6 Å². The van der Waals surface area contributed by atoms with E-state index < -0.39 is 0 Å². The van der Waals surface area contributed by atoms with Gasteiger partial charge in [0, 0.05) is 29.2 Å². The molecule has 4 N–H and O–H groups in total. The van der Waals surface area contributed by atoms with Gasteiger partial charge in [-0.2, -0.15) is 0 Å². The van der Waals surface area contributed by atoms with Crippen molar-refractivity contribution >= 4 is 16.9 Å². The van der Waals surface area contributed by atoms with Crippen molar-refractivity contribution in [2.45, 2.75) is 13.5 Å². The molecule has 0 amide bonds. The van der Waals surface area contributed by atoms with Crippen molar-refractivity contribution in [3.63, 3.8) is 0 Å². The molecule has 0 aliphatic heterocycles. The molecule has 0 saturated carbocycles. The molecule has 4 heteroatoms. The average molecular weight is 216 g/mol. The zero-order chi connectivity index (χ0) is 11.7. The lowest BCUT2D eigenvalue weighted by atomic mass is 10.1. The minimum absolute atomic E-state index is 0.132. The highest BCUT2D eigenvalue weighted by Crippen LogP contribution is 2.25. The topological polar surface area (TPSA) is 69.3 Å². The number of para-hydroxylation sites is 1. The van der Waals surface area contributed by atoms with E-state index in [1.165, 1.54) is 22.2 Å². The van der Waals surface area contributed by atoms with Crippen LogP contribution in [0.15, 0.2) is 29.3 Å². The van der Waals surface area contributed by atoms with Gasteiger partial charge in [0.2, 0.25) is 0 Å². The molecule has 0 radical (unpaired) electrons. The van der Waals surface area contributed by atoms with Gasteiger partial charge in [0.05, 0.1) is 6.54 Å². The zero-order valence-electron chi connectivity index (χ0n) is 9.57. The standard InChI is InChI=1S/C12H16N4/c1-8-10(7-15-12(13)14)9-5-3-4-6-11(9)16(8)2/h3-6H,7H2,1-2H3,(H4,13,14,15). The Morgan fingerprint density at radius 2 is 2.00 bits per heavy atom.